The van der Waals surface area contributed by atoms with E-state index in [1.807, 2.05) is 20.8 Å². The van der Waals surface area contributed by atoms with Gasteiger partial charge < -0.3 is 0 Å². The van der Waals surface area contributed by atoms with Crippen molar-refractivity contribution in [3.8, 4) is 0 Å². The van der Waals surface area contributed by atoms with Gasteiger partial charge >= 0.3 is 6.18 Å². The second kappa shape index (κ2) is 3.46. The van der Waals surface area contributed by atoms with Crippen molar-refractivity contribution >= 4 is 0 Å². The summed E-state index contributed by atoms with van der Waals surface area (Å²) in [5, 5.41) is 0. The number of rotatable bonds is 2. The van der Waals surface area contributed by atoms with E-state index < -0.39 is 12.6 Å². The van der Waals surface area contributed by atoms with Crippen molar-refractivity contribution in [2.45, 2.75) is 46.2 Å². The van der Waals surface area contributed by atoms with Gasteiger partial charge in [-0.15, -0.1) is 0 Å². The van der Waals surface area contributed by atoms with E-state index in [1.165, 1.54) is 0 Å². The van der Waals surface area contributed by atoms with E-state index in [-0.39, 0.29) is 11.8 Å². The third-order valence-corrected chi connectivity index (χ3v) is 1.39. The average molecular weight is 168 g/mol. The quantitative estimate of drug-likeness (QED) is 0.588. The molecular formula is C8H15F3. The molecule has 0 heterocycles. The third-order valence-electron chi connectivity index (χ3n) is 1.39. The van der Waals surface area contributed by atoms with E-state index in [0.717, 1.165) is 0 Å². The largest absolute Gasteiger partial charge is 0.389 e. The van der Waals surface area contributed by atoms with Crippen LogP contribution in [-0.2, 0) is 0 Å². The van der Waals surface area contributed by atoms with Gasteiger partial charge in [0.1, 0.15) is 0 Å². The summed E-state index contributed by atoms with van der Waals surface area (Å²) in [6.07, 6.45) is -3.75. The lowest BCUT2D eigenvalue weighted by atomic mass is 9.90. The van der Waals surface area contributed by atoms with Gasteiger partial charge in [0.15, 0.2) is 0 Å². The molecule has 3 heteroatoms. The first-order valence-electron chi connectivity index (χ1n) is 3.77. The summed E-state index contributed by atoms with van der Waals surface area (Å²) in [5.41, 5.74) is 0.0191. The van der Waals surface area contributed by atoms with Crippen molar-refractivity contribution in [1.82, 2.24) is 0 Å². The van der Waals surface area contributed by atoms with E-state index >= 15 is 0 Å². The first kappa shape index (κ1) is 10.8. The predicted octanol–water partition coefficient (Wildman–Crippen LogP) is 3.77. The molecule has 0 saturated carbocycles. The van der Waals surface area contributed by atoms with Gasteiger partial charge in [-0.2, -0.15) is 13.2 Å². The first-order chi connectivity index (χ1) is 4.71. The van der Waals surface area contributed by atoms with Gasteiger partial charge in [0, 0.05) is 6.42 Å². The molecule has 11 heavy (non-hydrogen) atoms. The molecule has 0 saturated heterocycles. The Kier molecular flexibility index (Phi) is 3.39. The zero-order valence-electron chi connectivity index (χ0n) is 7.26. The maximum Gasteiger partial charge on any atom is 0.389 e. The van der Waals surface area contributed by atoms with E-state index in [0.29, 0.717) is 6.42 Å². The monoisotopic (exact) mass is 168 g/mol. The fourth-order valence-electron chi connectivity index (χ4n) is 0.819. The Hall–Kier alpha value is -0.210. The van der Waals surface area contributed by atoms with E-state index in [1.54, 1.807) is 0 Å². The SMILES string of the molecule is CC(C)(C)CCCC(F)(F)F. The number of hydrogen-bond acceptors (Lipinski definition) is 0. The fourth-order valence-corrected chi connectivity index (χ4v) is 0.819. The topological polar surface area (TPSA) is 0 Å². The van der Waals surface area contributed by atoms with Crippen LogP contribution in [0.4, 0.5) is 13.2 Å². The molecule has 0 atom stereocenters. The van der Waals surface area contributed by atoms with E-state index in [9.17, 15) is 13.2 Å². The maximum atomic E-state index is 11.6. The summed E-state index contributed by atoms with van der Waals surface area (Å²) < 4.78 is 34.9. The molecule has 0 radical (unpaired) electrons. The summed E-state index contributed by atoms with van der Waals surface area (Å²) in [6.45, 7) is 5.84. The lowest BCUT2D eigenvalue weighted by Gasteiger charge is -2.17. The summed E-state index contributed by atoms with van der Waals surface area (Å²) in [7, 11) is 0. The molecule has 0 bridgehead atoms. The molecule has 0 aromatic carbocycles. The highest BCUT2D eigenvalue weighted by Gasteiger charge is 2.26. The number of alkyl halides is 3. The van der Waals surface area contributed by atoms with Crippen LogP contribution in [-0.4, -0.2) is 6.18 Å². The van der Waals surface area contributed by atoms with Crippen molar-refractivity contribution in [3.05, 3.63) is 0 Å². The summed E-state index contributed by atoms with van der Waals surface area (Å²) in [4.78, 5) is 0. The highest BCUT2D eigenvalue weighted by Crippen LogP contribution is 2.27. The van der Waals surface area contributed by atoms with Crippen molar-refractivity contribution in [3.63, 3.8) is 0 Å². The van der Waals surface area contributed by atoms with Crippen molar-refractivity contribution < 1.29 is 13.2 Å². The van der Waals surface area contributed by atoms with Crippen molar-refractivity contribution in [1.29, 1.82) is 0 Å². The highest BCUT2D eigenvalue weighted by atomic mass is 19.4. The Morgan fingerprint density at radius 1 is 0.909 bits per heavy atom. The normalized spacial score (nSPS) is 13.6. The van der Waals surface area contributed by atoms with Crippen LogP contribution in [0.2, 0.25) is 0 Å². The molecular weight excluding hydrogens is 153 g/mol. The highest BCUT2D eigenvalue weighted by molar-refractivity contribution is 4.62. The Morgan fingerprint density at radius 3 is 1.64 bits per heavy atom. The molecule has 0 aliphatic rings. The Bertz CT molecular complexity index is 93.5. The average Bonchev–Trinajstić information content (AvgIpc) is 1.55. The van der Waals surface area contributed by atoms with Gasteiger partial charge in [-0.1, -0.05) is 20.8 Å². The standard InChI is InChI=1S/C8H15F3/c1-7(2,3)5-4-6-8(9,10)11/h4-6H2,1-3H3. The Morgan fingerprint density at radius 2 is 1.36 bits per heavy atom. The molecule has 0 spiro atoms. The smallest absolute Gasteiger partial charge is 0.171 e. The second-order valence-corrected chi connectivity index (χ2v) is 4.03. The molecule has 0 unspecified atom stereocenters. The van der Waals surface area contributed by atoms with Crippen molar-refractivity contribution in [2.75, 3.05) is 0 Å². The van der Waals surface area contributed by atoms with Gasteiger partial charge in [0.2, 0.25) is 0 Å². The molecule has 0 aromatic heterocycles. The number of halogens is 3. The molecule has 0 nitrogen and oxygen atoms in total. The van der Waals surface area contributed by atoms with Gasteiger partial charge in [0.25, 0.3) is 0 Å². The van der Waals surface area contributed by atoms with Gasteiger partial charge in [-0.05, 0) is 18.3 Å². The van der Waals surface area contributed by atoms with Gasteiger partial charge in [0.05, 0.1) is 0 Å². The van der Waals surface area contributed by atoms with E-state index in [4.69, 9.17) is 0 Å². The van der Waals surface area contributed by atoms with E-state index in [2.05, 4.69) is 0 Å². The lowest BCUT2D eigenvalue weighted by molar-refractivity contribution is -0.136. The van der Waals surface area contributed by atoms with Crippen LogP contribution in [0.25, 0.3) is 0 Å². The molecule has 0 N–H and O–H groups in total. The van der Waals surface area contributed by atoms with Crippen LogP contribution in [0.1, 0.15) is 40.0 Å². The number of hydrogen-bond donors (Lipinski definition) is 0. The Balaban J connectivity index is 3.44. The van der Waals surface area contributed by atoms with Crippen molar-refractivity contribution in [2.24, 2.45) is 5.41 Å². The van der Waals surface area contributed by atoms with Crippen LogP contribution < -0.4 is 0 Å². The molecule has 68 valence electrons. The van der Waals surface area contributed by atoms with Gasteiger partial charge in [-0.25, -0.2) is 0 Å². The van der Waals surface area contributed by atoms with Gasteiger partial charge in [-0.3, -0.25) is 0 Å². The van der Waals surface area contributed by atoms with Crippen LogP contribution >= 0.6 is 0 Å². The fraction of sp³-hybridized carbons (Fsp3) is 1.00. The minimum Gasteiger partial charge on any atom is -0.171 e. The van der Waals surface area contributed by atoms with Crippen LogP contribution in [0.3, 0.4) is 0 Å². The summed E-state index contributed by atoms with van der Waals surface area (Å²) in [6, 6.07) is 0. The molecule has 0 amide bonds. The summed E-state index contributed by atoms with van der Waals surface area (Å²) in [5.74, 6) is 0. The minimum atomic E-state index is -3.98. The van der Waals surface area contributed by atoms with Crippen LogP contribution in [0, 0.1) is 5.41 Å². The minimum absolute atomic E-state index is 0.0191. The Labute approximate surface area is 65.8 Å². The summed E-state index contributed by atoms with van der Waals surface area (Å²) >= 11 is 0. The molecule has 0 aromatic rings. The first-order valence-corrected chi connectivity index (χ1v) is 3.77. The maximum absolute atomic E-state index is 11.6. The zero-order valence-corrected chi connectivity index (χ0v) is 7.26. The lowest BCUT2D eigenvalue weighted by Crippen LogP contribution is -2.10. The molecule has 0 rings (SSSR count). The van der Waals surface area contributed by atoms with Crippen LogP contribution in [0.15, 0.2) is 0 Å². The third kappa shape index (κ3) is 9.79. The van der Waals surface area contributed by atoms with Crippen LogP contribution in [0.5, 0.6) is 0 Å². The molecule has 0 fully saturated rings. The molecule has 0 aliphatic heterocycles. The molecule has 0 aliphatic carbocycles. The second-order valence-electron chi connectivity index (χ2n) is 4.03. The predicted molar refractivity (Wildman–Crippen MR) is 39.4 cm³/mol. The zero-order chi connectivity index (χ0) is 9.12.